The van der Waals surface area contributed by atoms with Crippen molar-refractivity contribution >= 4 is 17.7 Å². The van der Waals surface area contributed by atoms with Gasteiger partial charge in [-0.25, -0.2) is 4.99 Å². The van der Waals surface area contributed by atoms with Gasteiger partial charge in [-0.15, -0.1) is 0 Å². The summed E-state index contributed by atoms with van der Waals surface area (Å²) in [4.78, 5) is 32.3. The van der Waals surface area contributed by atoms with Gasteiger partial charge in [0, 0.05) is 38.6 Å². The minimum atomic E-state index is -1.54. The number of methoxy groups -OCH3 is 1. The maximum absolute atomic E-state index is 13.6. The first-order chi connectivity index (χ1) is 13.9. The Morgan fingerprint density at radius 1 is 1.07 bits per heavy atom. The van der Waals surface area contributed by atoms with Gasteiger partial charge in [-0.3, -0.25) is 19.2 Å². The Morgan fingerprint density at radius 3 is 2.48 bits per heavy atom. The van der Waals surface area contributed by atoms with Crippen LogP contribution in [-0.4, -0.2) is 48.3 Å². The fourth-order valence-electron chi connectivity index (χ4n) is 4.79. The second-order valence-electron chi connectivity index (χ2n) is 7.51. The molecule has 3 aliphatic heterocycles. The van der Waals surface area contributed by atoms with Crippen LogP contribution in [0.25, 0.3) is 0 Å². The Hall–Kier alpha value is -3.03. The molecule has 1 saturated heterocycles. The van der Waals surface area contributed by atoms with Gasteiger partial charge < -0.3 is 9.47 Å². The number of amides is 2. The topological polar surface area (TPSA) is 77.4 Å². The normalized spacial score (nSPS) is 32.4. The van der Waals surface area contributed by atoms with E-state index in [2.05, 4.69) is 0 Å². The Balaban J connectivity index is 1.79. The van der Waals surface area contributed by atoms with Crippen molar-refractivity contribution in [2.75, 3.05) is 14.2 Å². The van der Waals surface area contributed by atoms with E-state index < -0.39 is 23.0 Å². The lowest BCUT2D eigenvalue weighted by Crippen LogP contribution is -2.84. The first-order valence-corrected chi connectivity index (χ1v) is 9.37. The molecule has 0 bridgehead atoms. The van der Waals surface area contributed by atoms with Crippen LogP contribution in [0.3, 0.4) is 0 Å². The van der Waals surface area contributed by atoms with Gasteiger partial charge in [-0.1, -0.05) is 48.5 Å². The number of carbonyl (C=O) groups excluding carboxylic acids is 2. The third-order valence-corrected chi connectivity index (χ3v) is 6.03. The molecule has 7 heteroatoms. The molecular formula is C22H20N2O5. The summed E-state index contributed by atoms with van der Waals surface area (Å²) in [5, 5.41) is 0. The van der Waals surface area contributed by atoms with E-state index >= 15 is 0 Å². The summed E-state index contributed by atoms with van der Waals surface area (Å²) >= 11 is 0. The highest BCUT2D eigenvalue weighted by Crippen LogP contribution is 2.65. The van der Waals surface area contributed by atoms with Crippen molar-refractivity contribution in [2.24, 2.45) is 4.99 Å². The van der Waals surface area contributed by atoms with Crippen LogP contribution in [0.5, 0.6) is 0 Å². The molecule has 3 heterocycles. The maximum Gasteiger partial charge on any atom is 0.360 e. The molecular weight excluding hydrogens is 372 g/mol. The first kappa shape index (κ1) is 18.0. The molecule has 3 unspecified atom stereocenters. The number of carbonyl (C=O) groups is 2. The van der Waals surface area contributed by atoms with E-state index in [4.69, 9.17) is 19.2 Å². The summed E-state index contributed by atoms with van der Waals surface area (Å²) in [5.74, 6) is -2.03. The van der Waals surface area contributed by atoms with Crippen LogP contribution >= 0.6 is 0 Å². The van der Waals surface area contributed by atoms with Crippen molar-refractivity contribution in [3.05, 3.63) is 71.3 Å². The molecule has 1 fully saturated rings. The molecule has 0 N–H and O–H groups in total. The van der Waals surface area contributed by atoms with E-state index in [9.17, 15) is 9.59 Å². The summed E-state index contributed by atoms with van der Waals surface area (Å²) < 4.78 is 17.8. The summed E-state index contributed by atoms with van der Waals surface area (Å²) in [6.45, 7) is 1.71. The molecule has 2 amide bonds. The second kappa shape index (κ2) is 5.75. The number of fused-ring (bicyclic) bond motifs is 4. The number of hydrogen-bond donors (Lipinski definition) is 0. The zero-order valence-electron chi connectivity index (χ0n) is 16.3. The van der Waals surface area contributed by atoms with Crippen molar-refractivity contribution in [3.63, 3.8) is 0 Å². The van der Waals surface area contributed by atoms with Crippen LogP contribution in [0, 0.1) is 0 Å². The molecule has 0 radical (unpaired) electrons. The van der Waals surface area contributed by atoms with Gasteiger partial charge in [0.05, 0.1) is 0 Å². The third-order valence-electron chi connectivity index (χ3n) is 6.03. The Labute approximate surface area is 167 Å². The lowest BCUT2D eigenvalue weighted by Gasteiger charge is -2.62. The molecule has 2 aromatic carbocycles. The summed E-state index contributed by atoms with van der Waals surface area (Å²) in [7, 11) is 2.93. The number of ether oxygens (including phenoxy) is 3. The summed E-state index contributed by atoms with van der Waals surface area (Å²) in [6.07, 6.45) is 0.334. The fourth-order valence-corrected chi connectivity index (χ4v) is 4.79. The highest BCUT2D eigenvalue weighted by molar-refractivity contribution is 6.13. The van der Waals surface area contributed by atoms with E-state index in [1.165, 1.54) is 14.2 Å². The molecule has 2 aromatic rings. The minimum absolute atomic E-state index is 0.334. The summed E-state index contributed by atoms with van der Waals surface area (Å²) in [6, 6.07) is 16.7. The maximum atomic E-state index is 13.6. The monoisotopic (exact) mass is 392 g/mol. The third kappa shape index (κ3) is 1.96. The van der Waals surface area contributed by atoms with Crippen molar-refractivity contribution in [1.82, 2.24) is 4.90 Å². The Kier molecular flexibility index (Phi) is 3.57. The lowest BCUT2D eigenvalue weighted by atomic mass is 9.62. The molecule has 7 nitrogen and oxygen atoms in total. The van der Waals surface area contributed by atoms with E-state index in [-0.39, 0.29) is 5.91 Å². The average Bonchev–Trinajstić information content (AvgIpc) is 2.96. The molecule has 148 valence electrons. The molecule has 0 saturated carbocycles. The van der Waals surface area contributed by atoms with Gasteiger partial charge in [0.25, 0.3) is 11.8 Å². The molecule has 3 atom stereocenters. The quantitative estimate of drug-likeness (QED) is 0.749. The predicted molar refractivity (Wildman–Crippen MR) is 103 cm³/mol. The van der Waals surface area contributed by atoms with Crippen LogP contribution < -0.4 is 0 Å². The largest absolute Gasteiger partial charge is 0.424 e. The van der Waals surface area contributed by atoms with Gasteiger partial charge >= 0.3 is 5.97 Å². The molecule has 29 heavy (non-hydrogen) atoms. The molecule has 1 spiro atoms. The first-order valence-electron chi connectivity index (χ1n) is 9.37. The average molecular weight is 392 g/mol. The van der Waals surface area contributed by atoms with Gasteiger partial charge in [0.2, 0.25) is 11.1 Å². The molecule has 0 aromatic heterocycles. The molecule has 3 aliphatic rings. The fraction of sp³-hybridized carbons (Fsp3) is 0.318. The number of hydrogen-bond acceptors (Lipinski definition) is 6. The Morgan fingerprint density at radius 2 is 1.76 bits per heavy atom. The van der Waals surface area contributed by atoms with E-state index in [1.54, 1.807) is 31.2 Å². The van der Waals surface area contributed by atoms with Crippen LogP contribution in [0.15, 0.2) is 59.6 Å². The number of imide groups is 1. The van der Waals surface area contributed by atoms with Gasteiger partial charge in [0.15, 0.2) is 5.90 Å². The smallest absolute Gasteiger partial charge is 0.360 e. The van der Waals surface area contributed by atoms with Crippen LogP contribution in [-0.2, 0) is 31.0 Å². The van der Waals surface area contributed by atoms with Gasteiger partial charge in [-0.05, 0) is 11.6 Å². The summed E-state index contributed by atoms with van der Waals surface area (Å²) in [5.41, 5.74) is -0.910. The number of aliphatic imine (C=N–C) groups is 1. The number of likely N-dealkylation sites (N-methyl/N-ethyl adjacent to an activating group) is 1. The van der Waals surface area contributed by atoms with Crippen LogP contribution in [0.1, 0.15) is 28.4 Å². The van der Waals surface area contributed by atoms with E-state index in [0.29, 0.717) is 23.4 Å². The van der Waals surface area contributed by atoms with Crippen LogP contribution in [0.4, 0.5) is 0 Å². The predicted octanol–water partition coefficient (Wildman–Crippen LogP) is 2.25. The van der Waals surface area contributed by atoms with Crippen molar-refractivity contribution in [1.29, 1.82) is 0 Å². The molecule has 5 rings (SSSR count). The highest BCUT2D eigenvalue weighted by atomic mass is 16.9. The van der Waals surface area contributed by atoms with E-state index in [0.717, 1.165) is 10.5 Å². The zero-order valence-corrected chi connectivity index (χ0v) is 16.3. The Bertz CT molecular complexity index is 1070. The standard InChI is InChI=1S/C22H20N2O5/c1-14-23-20(13-15-9-5-4-6-10-15)21(29-22(20,27-3)28-14)17-12-8-7-11-16(17)18(25)24(2)19(21)26/h4-12H,13H2,1-3H3. The number of benzene rings is 2. The number of nitrogens with zero attached hydrogens (tertiary/aromatic N) is 2. The van der Waals surface area contributed by atoms with Crippen molar-refractivity contribution < 1.29 is 23.8 Å². The van der Waals surface area contributed by atoms with Crippen molar-refractivity contribution in [2.45, 2.75) is 30.5 Å². The highest BCUT2D eigenvalue weighted by Gasteiger charge is 2.87. The second-order valence-corrected chi connectivity index (χ2v) is 7.51. The van der Waals surface area contributed by atoms with Crippen LogP contribution in [0.2, 0.25) is 0 Å². The van der Waals surface area contributed by atoms with E-state index in [1.807, 2.05) is 30.3 Å². The molecule has 0 aliphatic carbocycles. The SMILES string of the molecule is COC12OC(C)=NC1(Cc1ccccc1)C1(O2)C(=O)N(C)C(=O)c2ccccc21. The number of rotatable bonds is 3. The minimum Gasteiger partial charge on any atom is -0.424 e. The lowest BCUT2D eigenvalue weighted by molar-refractivity contribution is -0.489. The van der Waals surface area contributed by atoms with Gasteiger partial charge in [0.1, 0.15) is 0 Å². The zero-order chi connectivity index (χ0) is 20.4. The van der Waals surface area contributed by atoms with Crippen molar-refractivity contribution in [3.8, 4) is 0 Å². The van der Waals surface area contributed by atoms with Gasteiger partial charge in [-0.2, -0.15) is 0 Å².